The van der Waals surface area contributed by atoms with E-state index in [-0.39, 0.29) is 0 Å². The zero-order valence-electron chi connectivity index (χ0n) is 23.9. The van der Waals surface area contributed by atoms with E-state index in [1.54, 1.807) is 25.7 Å². The first kappa shape index (κ1) is 29.6. The van der Waals surface area contributed by atoms with Crippen molar-refractivity contribution in [1.29, 1.82) is 0 Å². The normalized spacial score (nSPS) is 10.9. The van der Waals surface area contributed by atoms with Gasteiger partial charge in [-0.3, -0.25) is 5.32 Å². The molecular weight excluding hydrogens is 518 g/mol. The molecule has 0 bridgehead atoms. The predicted molar refractivity (Wildman–Crippen MR) is 163 cm³/mol. The van der Waals surface area contributed by atoms with Gasteiger partial charge < -0.3 is 19.9 Å². The van der Waals surface area contributed by atoms with Gasteiger partial charge in [0.1, 0.15) is 17.6 Å². The number of fused-ring (bicyclic) bond motifs is 1. The fourth-order valence-corrected chi connectivity index (χ4v) is 4.76. The lowest BCUT2D eigenvalue weighted by atomic mass is 10.0. The summed E-state index contributed by atoms with van der Waals surface area (Å²) >= 11 is 0. The molecule has 216 valence electrons. The number of carboxylic acid groups (broad SMARTS) is 1. The van der Waals surface area contributed by atoms with Gasteiger partial charge in [0, 0.05) is 35.5 Å². The number of nitrogens with one attached hydrogen (secondary N) is 2. The maximum atomic E-state index is 10.9. The molecule has 0 unspecified atom stereocenters. The van der Waals surface area contributed by atoms with E-state index in [0.29, 0.717) is 18.2 Å². The molecule has 0 aliphatic rings. The van der Waals surface area contributed by atoms with Gasteiger partial charge in [-0.25, -0.2) is 19.7 Å². The molecular formula is C32H39N5O4. The molecule has 2 heterocycles. The average Bonchev–Trinajstić information content (AvgIpc) is 2.98. The second-order valence-electron chi connectivity index (χ2n) is 10.00. The number of rotatable bonds is 16. The number of pyridine rings is 1. The second-order valence-corrected chi connectivity index (χ2v) is 10.00. The van der Waals surface area contributed by atoms with Gasteiger partial charge in [0.05, 0.1) is 25.1 Å². The van der Waals surface area contributed by atoms with E-state index < -0.39 is 6.09 Å². The van der Waals surface area contributed by atoms with Crippen molar-refractivity contribution in [2.24, 2.45) is 0 Å². The van der Waals surface area contributed by atoms with Gasteiger partial charge in [-0.05, 0) is 55.7 Å². The van der Waals surface area contributed by atoms with Crippen LogP contribution in [0.4, 0.5) is 16.2 Å². The van der Waals surface area contributed by atoms with Crippen LogP contribution < -0.4 is 20.1 Å². The fourth-order valence-electron chi connectivity index (χ4n) is 4.76. The molecule has 0 aliphatic heterocycles. The van der Waals surface area contributed by atoms with Crippen LogP contribution in [0.2, 0.25) is 0 Å². The van der Waals surface area contributed by atoms with Crippen molar-refractivity contribution >= 4 is 28.4 Å². The SMILES string of the molecule is COc1ccc(-c2cc(OCCCCCCCCCCNc3ccccc3NC(=O)O)c3ncnc(C)c3c2)cn1. The Morgan fingerprint density at radius 3 is 2.29 bits per heavy atom. The monoisotopic (exact) mass is 557 g/mol. The summed E-state index contributed by atoms with van der Waals surface area (Å²) < 4.78 is 11.4. The Morgan fingerprint density at radius 1 is 0.854 bits per heavy atom. The number of para-hydroxylation sites is 2. The fraction of sp³-hybridized carbons (Fsp3) is 0.375. The maximum Gasteiger partial charge on any atom is 0.409 e. The van der Waals surface area contributed by atoms with E-state index in [4.69, 9.17) is 14.6 Å². The molecule has 0 saturated heterocycles. The zero-order valence-corrected chi connectivity index (χ0v) is 23.9. The van der Waals surface area contributed by atoms with Crippen molar-refractivity contribution in [3.63, 3.8) is 0 Å². The molecule has 2 aromatic carbocycles. The number of hydrogen-bond acceptors (Lipinski definition) is 7. The minimum Gasteiger partial charge on any atom is -0.491 e. The number of benzene rings is 2. The highest BCUT2D eigenvalue weighted by Gasteiger charge is 2.11. The first-order valence-corrected chi connectivity index (χ1v) is 14.3. The van der Waals surface area contributed by atoms with Gasteiger partial charge in [0.15, 0.2) is 0 Å². The van der Waals surface area contributed by atoms with Crippen molar-refractivity contribution < 1.29 is 19.4 Å². The molecule has 1 amide bonds. The van der Waals surface area contributed by atoms with Crippen molar-refractivity contribution in [1.82, 2.24) is 15.0 Å². The number of nitrogens with zero attached hydrogens (tertiary/aromatic N) is 3. The molecule has 4 rings (SSSR count). The minimum absolute atomic E-state index is 0.580. The van der Waals surface area contributed by atoms with E-state index in [1.165, 1.54) is 25.7 Å². The highest BCUT2D eigenvalue weighted by atomic mass is 16.5. The summed E-state index contributed by atoms with van der Waals surface area (Å²) in [6.07, 6.45) is 11.5. The van der Waals surface area contributed by atoms with Gasteiger partial charge in [-0.1, -0.05) is 50.7 Å². The first-order valence-electron chi connectivity index (χ1n) is 14.3. The number of ether oxygens (including phenoxy) is 2. The molecule has 4 aromatic rings. The Balaban J connectivity index is 1.15. The average molecular weight is 558 g/mol. The molecule has 3 N–H and O–H groups in total. The summed E-state index contributed by atoms with van der Waals surface area (Å²) in [5.41, 5.74) is 5.14. The number of hydrogen-bond donors (Lipinski definition) is 3. The Morgan fingerprint density at radius 2 is 1.59 bits per heavy atom. The van der Waals surface area contributed by atoms with Crippen LogP contribution in [0.5, 0.6) is 11.6 Å². The van der Waals surface area contributed by atoms with Gasteiger partial charge in [-0.15, -0.1) is 0 Å². The number of amides is 1. The van der Waals surface area contributed by atoms with Gasteiger partial charge in [0.2, 0.25) is 5.88 Å². The van der Waals surface area contributed by atoms with Crippen molar-refractivity contribution in [3.8, 4) is 22.8 Å². The molecule has 0 fully saturated rings. The summed E-state index contributed by atoms with van der Waals surface area (Å²) in [4.78, 5) is 24.1. The molecule has 0 spiro atoms. The number of aryl methyl sites for hydroxylation is 1. The Kier molecular flexibility index (Phi) is 11.1. The highest BCUT2D eigenvalue weighted by molar-refractivity contribution is 5.91. The number of methoxy groups -OCH3 is 1. The predicted octanol–water partition coefficient (Wildman–Crippen LogP) is 7.71. The summed E-state index contributed by atoms with van der Waals surface area (Å²) in [7, 11) is 1.61. The topological polar surface area (TPSA) is 118 Å². The molecule has 0 saturated carbocycles. The number of carbonyl (C=O) groups is 1. The first-order chi connectivity index (χ1) is 20.0. The molecule has 0 aliphatic carbocycles. The third-order valence-corrected chi connectivity index (χ3v) is 6.99. The van der Waals surface area contributed by atoms with Crippen LogP contribution in [0.1, 0.15) is 57.1 Å². The third kappa shape index (κ3) is 8.79. The highest BCUT2D eigenvalue weighted by Crippen LogP contribution is 2.33. The number of unbranched alkanes of at least 4 members (excludes halogenated alkanes) is 7. The van der Waals surface area contributed by atoms with Crippen molar-refractivity contribution in [2.45, 2.75) is 58.3 Å². The largest absolute Gasteiger partial charge is 0.491 e. The Bertz CT molecular complexity index is 1410. The third-order valence-electron chi connectivity index (χ3n) is 6.99. The zero-order chi connectivity index (χ0) is 28.9. The van der Waals surface area contributed by atoms with Crippen molar-refractivity contribution in [3.05, 3.63) is 66.7 Å². The van der Waals surface area contributed by atoms with Crippen LogP contribution in [0.25, 0.3) is 22.0 Å². The van der Waals surface area contributed by atoms with Crippen LogP contribution >= 0.6 is 0 Å². The smallest absolute Gasteiger partial charge is 0.409 e. The number of anilines is 2. The van der Waals surface area contributed by atoms with E-state index in [2.05, 4.69) is 31.7 Å². The lowest BCUT2D eigenvalue weighted by Crippen LogP contribution is -2.10. The van der Waals surface area contributed by atoms with Crippen molar-refractivity contribution in [2.75, 3.05) is 30.9 Å². The molecule has 9 nitrogen and oxygen atoms in total. The minimum atomic E-state index is -1.05. The summed E-state index contributed by atoms with van der Waals surface area (Å²) in [6, 6.07) is 15.3. The number of aromatic nitrogens is 3. The molecule has 2 aromatic heterocycles. The summed E-state index contributed by atoms with van der Waals surface area (Å²) in [5.74, 6) is 1.35. The van der Waals surface area contributed by atoms with Crippen LogP contribution in [-0.2, 0) is 0 Å². The Labute approximate surface area is 241 Å². The molecule has 41 heavy (non-hydrogen) atoms. The van der Waals surface area contributed by atoms with Crippen LogP contribution in [0.3, 0.4) is 0 Å². The van der Waals surface area contributed by atoms with Gasteiger partial charge >= 0.3 is 6.09 Å². The second kappa shape index (κ2) is 15.4. The van der Waals surface area contributed by atoms with Crippen LogP contribution in [0, 0.1) is 6.92 Å². The standard InChI is InChI=1S/C32H39N5O4/c1-23-26-19-25(24-15-16-30(40-2)34-21-24)20-29(31(26)36-22-35-23)41-18-12-8-6-4-3-5-7-11-17-33-27-13-9-10-14-28(27)37-32(38)39/h9-10,13-16,19-22,33,37H,3-8,11-12,17-18H2,1-2H3,(H,38,39). The summed E-state index contributed by atoms with van der Waals surface area (Å²) in [5, 5.41) is 15.7. The van der Waals surface area contributed by atoms with E-state index >= 15 is 0 Å². The Hall–Kier alpha value is -4.40. The van der Waals surface area contributed by atoms with Gasteiger partial charge in [0.25, 0.3) is 0 Å². The quantitative estimate of drug-likeness (QED) is 0.120. The molecule has 0 radical (unpaired) electrons. The molecule has 0 atom stereocenters. The van der Waals surface area contributed by atoms with Crippen LogP contribution in [-0.4, -0.2) is 46.4 Å². The summed E-state index contributed by atoms with van der Waals surface area (Å²) in [6.45, 7) is 3.45. The van der Waals surface area contributed by atoms with E-state index in [0.717, 1.165) is 71.4 Å². The lowest BCUT2D eigenvalue weighted by molar-refractivity contribution is 0.210. The van der Waals surface area contributed by atoms with Crippen LogP contribution in [0.15, 0.2) is 61.1 Å². The van der Waals surface area contributed by atoms with E-state index in [9.17, 15) is 4.79 Å². The molecule has 9 heteroatoms. The van der Waals surface area contributed by atoms with Gasteiger partial charge in [-0.2, -0.15) is 0 Å². The van der Waals surface area contributed by atoms with E-state index in [1.807, 2.05) is 43.3 Å². The maximum absolute atomic E-state index is 10.9. The lowest BCUT2D eigenvalue weighted by Gasteiger charge is -2.13.